The first-order valence-corrected chi connectivity index (χ1v) is 4.67. The SMILES string of the molecule is CCCc1cc2cn(C)nc2c(=O)o1. The number of hydrogen-bond acceptors (Lipinski definition) is 3. The highest BCUT2D eigenvalue weighted by molar-refractivity contribution is 5.76. The fourth-order valence-corrected chi connectivity index (χ4v) is 1.51. The molecular formula is C10H12N2O2. The van der Waals surface area contributed by atoms with Crippen molar-refractivity contribution in [1.82, 2.24) is 9.78 Å². The van der Waals surface area contributed by atoms with Crippen molar-refractivity contribution in [2.75, 3.05) is 0 Å². The Labute approximate surface area is 81.1 Å². The maximum absolute atomic E-state index is 11.4. The van der Waals surface area contributed by atoms with Crippen LogP contribution in [-0.2, 0) is 13.5 Å². The first-order chi connectivity index (χ1) is 6.70. The molecule has 2 rings (SSSR count). The molecule has 0 fully saturated rings. The Kier molecular flexibility index (Phi) is 2.11. The molecule has 0 aromatic carbocycles. The molecule has 2 aromatic heterocycles. The standard InChI is InChI=1S/C10H12N2O2/c1-3-4-8-5-7-6-12(2)11-9(7)10(13)14-8/h5-6H,3-4H2,1-2H3. The van der Waals surface area contributed by atoms with Gasteiger partial charge in [-0.2, -0.15) is 5.10 Å². The van der Waals surface area contributed by atoms with Gasteiger partial charge in [0.25, 0.3) is 0 Å². The van der Waals surface area contributed by atoms with Crippen molar-refractivity contribution in [3.63, 3.8) is 0 Å². The zero-order chi connectivity index (χ0) is 10.1. The molecule has 0 aliphatic rings. The van der Waals surface area contributed by atoms with Crippen molar-refractivity contribution in [2.45, 2.75) is 19.8 Å². The number of hydrogen-bond donors (Lipinski definition) is 0. The summed E-state index contributed by atoms with van der Waals surface area (Å²) in [5, 5.41) is 4.88. The summed E-state index contributed by atoms with van der Waals surface area (Å²) in [6.45, 7) is 2.05. The van der Waals surface area contributed by atoms with Crippen LogP contribution in [0.15, 0.2) is 21.5 Å². The number of fused-ring (bicyclic) bond motifs is 1. The van der Waals surface area contributed by atoms with E-state index < -0.39 is 0 Å². The van der Waals surface area contributed by atoms with E-state index in [2.05, 4.69) is 5.10 Å². The molecule has 2 heterocycles. The maximum Gasteiger partial charge on any atom is 0.364 e. The van der Waals surface area contributed by atoms with E-state index >= 15 is 0 Å². The lowest BCUT2D eigenvalue weighted by Crippen LogP contribution is -2.02. The van der Waals surface area contributed by atoms with Gasteiger partial charge in [0.15, 0.2) is 5.52 Å². The summed E-state index contributed by atoms with van der Waals surface area (Å²) in [6, 6.07) is 1.88. The molecule has 0 N–H and O–H groups in total. The lowest BCUT2D eigenvalue weighted by molar-refractivity contribution is 0.463. The van der Waals surface area contributed by atoms with Crippen molar-refractivity contribution in [2.24, 2.45) is 7.05 Å². The smallest absolute Gasteiger partial charge is 0.364 e. The van der Waals surface area contributed by atoms with Gasteiger partial charge in [-0.05, 0) is 12.5 Å². The van der Waals surface area contributed by atoms with Gasteiger partial charge in [-0.3, -0.25) is 4.68 Å². The molecular weight excluding hydrogens is 180 g/mol. The topological polar surface area (TPSA) is 48.0 Å². The Morgan fingerprint density at radius 1 is 1.57 bits per heavy atom. The van der Waals surface area contributed by atoms with Crippen molar-refractivity contribution in [3.05, 3.63) is 28.4 Å². The van der Waals surface area contributed by atoms with Crippen molar-refractivity contribution < 1.29 is 4.42 Å². The van der Waals surface area contributed by atoms with Crippen LogP contribution in [0.2, 0.25) is 0 Å². The number of nitrogens with zero attached hydrogens (tertiary/aromatic N) is 2. The van der Waals surface area contributed by atoms with Gasteiger partial charge in [0.05, 0.1) is 0 Å². The van der Waals surface area contributed by atoms with E-state index in [4.69, 9.17) is 4.42 Å². The van der Waals surface area contributed by atoms with Gasteiger partial charge in [0, 0.05) is 25.1 Å². The molecule has 0 aliphatic carbocycles. The average molecular weight is 192 g/mol. The molecule has 14 heavy (non-hydrogen) atoms. The number of aryl methyl sites for hydroxylation is 2. The molecule has 4 nitrogen and oxygen atoms in total. The van der Waals surface area contributed by atoms with Gasteiger partial charge in [0.2, 0.25) is 0 Å². The fourth-order valence-electron chi connectivity index (χ4n) is 1.51. The minimum Gasteiger partial charge on any atom is -0.426 e. The zero-order valence-corrected chi connectivity index (χ0v) is 8.28. The molecule has 0 unspecified atom stereocenters. The van der Waals surface area contributed by atoms with Gasteiger partial charge >= 0.3 is 5.63 Å². The van der Waals surface area contributed by atoms with E-state index in [9.17, 15) is 4.79 Å². The van der Waals surface area contributed by atoms with Crippen LogP contribution >= 0.6 is 0 Å². The molecule has 2 aromatic rings. The quantitative estimate of drug-likeness (QED) is 0.724. The number of rotatable bonds is 2. The molecule has 4 heteroatoms. The maximum atomic E-state index is 11.4. The Hall–Kier alpha value is -1.58. The average Bonchev–Trinajstić information content (AvgIpc) is 2.47. The second-order valence-corrected chi connectivity index (χ2v) is 3.36. The van der Waals surface area contributed by atoms with Crippen LogP contribution in [0, 0.1) is 0 Å². The Morgan fingerprint density at radius 2 is 2.36 bits per heavy atom. The van der Waals surface area contributed by atoms with Crippen LogP contribution in [0.25, 0.3) is 10.9 Å². The Balaban J connectivity index is 2.65. The summed E-state index contributed by atoms with van der Waals surface area (Å²) in [6.07, 6.45) is 3.58. The minimum absolute atomic E-state index is 0.341. The first kappa shape index (κ1) is 8.99. The van der Waals surface area contributed by atoms with Crippen molar-refractivity contribution in [1.29, 1.82) is 0 Å². The Morgan fingerprint density at radius 3 is 3.07 bits per heavy atom. The lowest BCUT2D eigenvalue weighted by Gasteiger charge is -1.95. The van der Waals surface area contributed by atoms with E-state index in [1.54, 1.807) is 11.7 Å². The van der Waals surface area contributed by atoms with Crippen LogP contribution in [0.5, 0.6) is 0 Å². The molecule has 0 saturated heterocycles. The van der Waals surface area contributed by atoms with Gasteiger partial charge in [-0.15, -0.1) is 0 Å². The summed E-state index contributed by atoms with van der Waals surface area (Å²) in [7, 11) is 1.79. The monoisotopic (exact) mass is 192 g/mol. The molecule has 0 saturated carbocycles. The summed E-state index contributed by atoms with van der Waals surface area (Å²) < 4.78 is 6.74. The summed E-state index contributed by atoms with van der Waals surface area (Å²) in [5.41, 5.74) is 0.0684. The highest BCUT2D eigenvalue weighted by Crippen LogP contribution is 2.10. The number of aromatic nitrogens is 2. The van der Waals surface area contributed by atoms with Crippen LogP contribution < -0.4 is 5.63 Å². The second-order valence-electron chi connectivity index (χ2n) is 3.36. The van der Waals surface area contributed by atoms with Crippen molar-refractivity contribution >= 4 is 10.9 Å². The zero-order valence-electron chi connectivity index (χ0n) is 8.28. The predicted octanol–water partition coefficient (Wildman–Crippen LogP) is 1.48. The van der Waals surface area contributed by atoms with Crippen LogP contribution in [-0.4, -0.2) is 9.78 Å². The van der Waals surface area contributed by atoms with Crippen molar-refractivity contribution in [3.8, 4) is 0 Å². The van der Waals surface area contributed by atoms with Gasteiger partial charge in [-0.1, -0.05) is 6.92 Å². The van der Waals surface area contributed by atoms with E-state index in [1.165, 1.54) is 0 Å². The van der Waals surface area contributed by atoms with E-state index in [-0.39, 0.29) is 5.63 Å². The second kappa shape index (κ2) is 3.29. The van der Waals surface area contributed by atoms with E-state index in [1.807, 2.05) is 19.2 Å². The summed E-state index contributed by atoms with van der Waals surface area (Å²) in [5.74, 6) is 0.734. The van der Waals surface area contributed by atoms with Gasteiger partial charge in [-0.25, -0.2) is 4.79 Å². The molecule has 0 bridgehead atoms. The summed E-state index contributed by atoms with van der Waals surface area (Å²) >= 11 is 0. The third kappa shape index (κ3) is 1.43. The summed E-state index contributed by atoms with van der Waals surface area (Å²) in [4.78, 5) is 11.4. The molecule has 0 amide bonds. The predicted molar refractivity (Wildman–Crippen MR) is 53.2 cm³/mol. The molecule has 74 valence electrons. The molecule has 0 radical (unpaired) electrons. The third-order valence-electron chi connectivity index (χ3n) is 2.09. The highest BCUT2D eigenvalue weighted by Gasteiger charge is 2.06. The van der Waals surface area contributed by atoms with Gasteiger partial charge < -0.3 is 4.42 Å². The largest absolute Gasteiger partial charge is 0.426 e. The highest BCUT2D eigenvalue weighted by atomic mass is 16.4. The van der Waals surface area contributed by atoms with E-state index in [0.717, 1.165) is 24.0 Å². The normalized spacial score (nSPS) is 11.0. The fraction of sp³-hybridized carbons (Fsp3) is 0.400. The molecule has 0 aliphatic heterocycles. The first-order valence-electron chi connectivity index (χ1n) is 4.67. The van der Waals surface area contributed by atoms with Crippen LogP contribution in [0.4, 0.5) is 0 Å². The Bertz CT molecular complexity index is 510. The minimum atomic E-state index is -0.341. The van der Waals surface area contributed by atoms with Gasteiger partial charge in [0.1, 0.15) is 5.76 Å². The van der Waals surface area contributed by atoms with Crippen LogP contribution in [0.1, 0.15) is 19.1 Å². The third-order valence-corrected chi connectivity index (χ3v) is 2.09. The molecule has 0 spiro atoms. The van der Waals surface area contributed by atoms with Crippen LogP contribution in [0.3, 0.4) is 0 Å². The van der Waals surface area contributed by atoms with E-state index in [0.29, 0.717) is 5.52 Å². The molecule has 0 atom stereocenters. The lowest BCUT2D eigenvalue weighted by atomic mass is 10.2.